The molecule has 1 fully saturated rings. The van der Waals surface area contributed by atoms with Crippen LogP contribution in [0.15, 0.2) is 66.5 Å². The molecule has 1 saturated heterocycles. The molecule has 0 aromatic heterocycles. The third kappa shape index (κ3) is 5.69. The molecule has 3 aliphatic heterocycles. The zero-order valence-corrected chi connectivity index (χ0v) is 25.2. The van der Waals surface area contributed by atoms with E-state index < -0.39 is 35.6 Å². The molecule has 2 aromatic rings. The fraction of sp³-hybridized carbons (Fsp3) is 0.471. The Morgan fingerprint density at radius 3 is 2.68 bits per heavy atom. The van der Waals surface area contributed by atoms with E-state index in [1.807, 2.05) is 42.5 Å². The predicted molar refractivity (Wildman–Crippen MR) is 159 cm³/mol. The maximum absolute atomic E-state index is 13.9. The summed E-state index contributed by atoms with van der Waals surface area (Å²) in [5.41, 5.74) is 0.559. The summed E-state index contributed by atoms with van der Waals surface area (Å²) in [6.07, 6.45) is 6.55. The first-order chi connectivity index (χ1) is 21.4. The van der Waals surface area contributed by atoms with Crippen molar-refractivity contribution >= 4 is 11.9 Å². The van der Waals surface area contributed by atoms with Gasteiger partial charge in [0.15, 0.2) is 23.2 Å². The standard InChI is InChI=1S/C34H39NO9/c1-39-28-19-33-12-8-14-35(33)15-11-24-17-26-27(43-22-42-26)18-25(24)30(33)31(28)44-32(37)34(38,20-29(36)40-2)13-6-7-16-41-21-23-9-4-3-5-10-23/h3-7,9-10,17-19,30-31,38H,8,11-16,20-22H2,1-2H3/b7-6+/t30-,31-,33+,34?/m1/s1. The molecular formula is C34H39NO9. The summed E-state index contributed by atoms with van der Waals surface area (Å²) in [5, 5.41) is 11.6. The highest BCUT2D eigenvalue weighted by atomic mass is 16.7. The van der Waals surface area contributed by atoms with Crippen LogP contribution >= 0.6 is 0 Å². The van der Waals surface area contributed by atoms with Gasteiger partial charge < -0.3 is 33.5 Å². The van der Waals surface area contributed by atoms with E-state index in [-0.39, 0.29) is 25.7 Å². The quantitative estimate of drug-likeness (QED) is 0.231. The van der Waals surface area contributed by atoms with E-state index in [2.05, 4.69) is 11.0 Å². The van der Waals surface area contributed by atoms with Crippen LogP contribution in [0.1, 0.15) is 48.3 Å². The number of nitrogens with zero attached hydrogens (tertiary/aromatic N) is 1. The highest BCUT2D eigenvalue weighted by molar-refractivity contribution is 5.86. The summed E-state index contributed by atoms with van der Waals surface area (Å²) in [7, 11) is 2.78. The van der Waals surface area contributed by atoms with Crippen LogP contribution in [0.3, 0.4) is 0 Å². The average Bonchev–Trinajstić information content (AvgIpc) is 3.72. The van der Waals surface area contributed by atoms with Gasteiger partial charge in [0.25, 0.3) is 0 Å². The molecule has 0 saturated carbocycles. The van der Waals surface area contributed by atoms with Gasteiger partial charge in [-0.15, -0.1) is 0 Å². The number of carbonyl (C=O) groups excluding carboxylic acids is 2. The van der Waals surface area contributed by atoms with Crippen LogP contribution in [-0.2, 0) is 41.6 Å². The van der Waals surface area contributed by atoms with Gasteiger partial charge in [-0.25, -0.2) is 4.79 Å². The molecule has 1 aliphatic carbocycles. The lowest BCUT2D eigenvalue weighted by Crippen LogP contribution is -2.49. The fourth-order valence-corrected chi connectivity index (χ4v) is 7.02. The minimum atomic E-state index is -2.16. The largest absolute Gasteiger partial charge is 0.497 e. The topological polar surface area (TPSA) is 113 Å². The lowest BCUT2D eigenvalue weighted by atomic mass is 9.77. The van der Waals surface area contributed by atoms with E-state index >= 15 is 0 Å². The van der Waals surface area contributed by atoms with Gasteiger partial charge in [-0.2, -0.15) is 0 Å². The monoisotopic (exact) mass is 605 g/mol. The van der Waals surface area contributed by atoms with Crippen molar-refractivity contribution in [3.8, 4) is 11.5 Å². The molecule has 1 N–H and O–H groups in total. The number of aliphatic hydroxyl groups is 1. The molecule has 4 aliphatic rings. The van der Waals surface area contributed by atoms with E-state index in [1.54, 1.807) is 19.3 Å². The lowest BCUT2D eigenvalue weighted by Gasteiger charge is -2.39. The second kappa shape index (κ2) is 12.6. The van der Waals surface area contributed by atoms with Gasteiger partial charge in [0.2, 0.25) is 6.79 Å². The Balaban J connectivity index is 1.24. The Bertz CT molecular complexity index is 1440. The molecule has 234 valence electrons. The number of methoxy groups -OCH3 is 2. The van der Waals surface area contributed by atoms with Crippen molar-refractivity contribution in [2.75, 3.05) is 40.7 Å². The normalized spacial score (nSPS) is 24.9. The summed E-state index contributed by atoms with van der Waals surface area (Å²) in [5.74, 6) is -0.0652. The molecule has 0 amide bonds. The summed E-state index contributed by atoms with van der Waals surface area (Å²) in [6.45, 7) is 2.60. The van der Waals surface area contributed by atoms with E-state index in [1.165, 1.54) is 7.11 Å². The maximum atomic E-state index is 13.9. The number of fused-ring (bicyclic) bond motifs is 3. The van der Waals surface area contributed by atoms with Crippen LogP contribution < -0.4 is 9.47 Å². The Hall–Kier alpha value is -3.86. The molecule has 3 heterocycles. The molecule has 10 heteroatoms. The first-order valence-electron chi connectivity index (χ1n) is 15.1. The van der Waals surface area contributed by atoms with E-state index in [0.717, 1.165) is 49.0 Å². The van der Waals surface area contributed by atoms with Crippen LogP contribution in [0.4, 0.5) is 0 Å². The van der Waals surface area contributed by atoms with Gasteiger partial charge in [0.1, 0.15) is 5.76 Å². The summed E-state index contributed by atoms with van der Waals surface area (Å²) < 4.78 is 34.0. The SMILES string of the molecule is COC(=O)CC(O)(C/C=C/COCc1ccccc1)C(=O)O[C@@H]1C(OC)=C[C@]23CCCN2CCc2cc4c(cc2[C@H]13)OCO4. The van der Waals surface area contributed by atoms with Crippen molar-refractivity contribution in [1.82, 2.24) is 4.90 Å². The van der Waals surface area contributed by atoms with Crippen molar-refractivity contribution in [2.24, 2.45) is 0 Å². The number of hydrogen-bond donors (Lipinski definition) is 1. The molecular weight excluding hydrogens is 566 g/mol. The fourth-order valence-electron chi connectivity index (χ4n) is 7.02. The van der Waals surface area contributed by atoms with E-state index in [0.29, 0.717) is 23.9 Å². The summed E-state index contributed by atoms with van der Waals surface area (Å²) in [6, 6.07) is 13.8. The van der Waals surface area contributed by atoms with Crippen molar-refractivity contribution in [2.45, 2.75) is 61.9 Å². The average molecular weight is 606 g/mol. The minimum absolute atomic E-state index is 0.158. The number of hydrogen-bond acceptors (Lipinski definition) is 10. The summed E-state index contributed by atoms with van der Waals surface area (Å²) in [4.78, 5) is 28.7. The number of carbonyl (C=O) groups is 2. The maximum Gasteiger partial charge on any atom is 0.339 e. The number of rotatable bonds is 11. The molecule has 0 radical (unpaired) electrons. The van der Waals surface area contributed by atoms with Gasteiger partial charge in [-0.3, -0.25) is 9.69 Å². The first kappa shape index (κ1) is 30.2. The third-order valence-corrected chi connectivity index (χ3v) is 9.19. The second-order valence-electron chi connectivity index (χ2n) is 11.8. The van der Waals surface area contributed by atoms with Crippen molar-refractivity contribution in [1.29, 1.82) is 0 Å². The molecule has 10 nitrogen and oxygen atoms in total. The molecule has 1 spiro atoms. The Morgan fingerprint density at radius 1 is 1.11 bits per heavy atom. The van der Waals surface area contributed by atoms with Crippen LogP contribution in [0.5, 0.6) is 11.5 Å². The highest BCUT2D eigenvalue weighted by Gasteiger charge is 2.59. The Labute approximate surface area is 257 Å². The lowest BCUT2D eigenvalue weighted by molar-refractivity contribution is -0.177. The zero-order valence-electron chi connectivity index (χ0n) is 25.2. The summed E-state index contributed by atoms with van der Waals surface area (Å²) >= 11 is 0. The molecule has 6 rings (SSSR count). The van der Waals surface area contributed by atoms with Gasteiger partial charge in [0.05, 0.1) is 45.3 Å². The number of ether oxygens (including phenoxy) is 6. The van der Waals surface area contributed by atoms with Gasteiger partial charge in [-0.1, -0.05) is 42.5 Å². The molecule has 0 bridgehead atoms. The molecule has 4 atom stereocenters. The second-order valence-corrected chi connectivity index (χ2v) is 11.8. The Morgan fingerprint density at radius 2 is 1.91 bits per heavy atom. The smallest absolute Gasteiger partial charge is 0.339 e. The zero-order chi connectivity index (χ0) is 30.7. The van der Waals surface area contributed by atoms with Gasteiger partial charge >= 0.3 is 11.9 Å². The first-order valence-corrected chi connectivity index (χ1v) is 15.1. The van der Waals surface area contributed by atoms with E-state index in [4.69, 9.17) is 28.4 Å². The molecule has 2 aromatic carbocycles. The predicted octanol–water partition coefficient (Wildman–Crippen LogP) is 3.80. The van der Waals surface area contributed by atoms with E-state index in [9.17, 15) is 14.7 Å². The number of benzene rings is 2. The molecule has 1 unspecified atom stereocenters. The van der Waals surface area contributed by atoms with Crippen molar-refractivity contribution in [3.63, 3.8) is 0 Å². The van der Waals surface area contributed by atoms with Crippen LogP contribution in [0, 0.1) is 0 Å². The van der Waals surface area contributed by atoms with Crippen LogP contribution in [0.25, 0.3) is 0 Å². The van der Waals surface area contributed by atoms with Gasteiger partial charge in [-0.05, 0) is 60.7 Å². The Kier molecular flexibility index (Phi) is 8.66. The van der Waals surface area contributed by atoms with Crippen molar-refractivity contribution < 1.29 is 43.1 Å². The highest BCUT2D eigenvalue weighted by Crippen LogP contribution is 2.55. The van der Waals surface area contributed by atoms with Crippen molar-refractivity contribution in [3.05, 3.63) is 83.1 Å². The van der Waals surface area contributed by atoms with Gasteiger partial charge in [0, 0.05) is 13.0 Å². The third-order valence-electron chi connectivity index (χ3n) is 9.19. The molecule has 44 heavy (non-hydrogen) atoms. The van der Waals surface area contributed by atoms with Crippen LogP contribution in [-0.4, -0.2) is 79.9 Å². The van der Waals surface area contributed by atoms with Crippen LogP contribution in [0.2, 0.25) is 0 Å². The minimum Gasteiger partial charge on any atom is -0.497 e. The number of esters is 2.